The summed E-state index contributed by atoms with van der Waals surface area (Å²) in [7, 11) is 0. The molecule has 1 atom stereocenters. The zero-order valence-corrected chi connectivity index (χ0v) is 43.2. The second kappa shape index (κ2) is 49.8. The second-order valence-corrected chi connectivity index (χ2v) is 20.5. The molecule has 0 aliphatic rings. The third-order valence-corrected chi connectivity index (χ3v) is 13.0. The third kappa shape index (κ3) is 51.3. The molecular weight excluding hydrogens is 781 g/mol. The molecule has 0 saturated carbocycles. The topological polar surface area (TPSA) is 78.9 Å². The van der Waals surface area contributed by atoms with Gasteiger partial charge in [0.1, 0.15) is 13.2 Å². The minimum absolute atomic E-state index is 0.0629. The Kier molecular flexibility index (Phi) is 48.6. The zero-order valence-electron chi connectivity index (χ0n) is 43.2. The first kappa shape index (κ1) is 61.4. The van der Waals surface area contributed by atoms with Crippen molar-refractivity contribution in [1.82, 2.24) is 0 Å². The fourth-order valence-electron chi connectivity index (χ4n) is 8.70. The average molecular weight is 892 g/mol. The van der Waals surface area contributed by atoms with Crippen molar-refractivity contribution < 1.29 is 28.6 Å². The molecule has 0 rings (SSSR count). The summed E-state index contributed by atoms with van der Waals surface area (Å²) >= 11 is 0. The number of esters is 3. The van der Waals surface area contributed by atoms with Gasteiger partial charge in [-0.15, -0.1) is 0 Å². The van der Waals surface area contributed by atoms with Gasteiger partial charge in [-0.2, -0.15) is 0 Å². The van der Waals surface area contributed by atoms with Crippen molar-refractivity contribution in [2.24, 2.45) is 11.8 Å². The van der Waals surface area contributed by atoms with Gasteiger partial charge in [-0.3, -0.25) is 14.4 Å². The van der Waals surface area contributed by atoms with Crippen LogP contribution in [0.1, 0.15) is 317 Å². The molecule has 0 amide bonds. The summed E-state index contributed by atoms with van der Waals surface area (Å²) in [6.45, 7) is 11.4. The molecule has 0 aromatic carbocycles. The van der Waals surface area contributed by atoms with Crippen LogP contribution in [0.4, 0.5) is 0 Å². The number of unbranched alkanes of at least 4 members (excludes halogenated alkanes) is 36. The van der Waals surface area contributed by atoms with Crippen molar-refractivity contribution in [3.8, 4) is 0 Å². The van der Waals surface area contributed by atoms with E-state index in [4.69, 9.17) is 14.2 Å². The second-order valence-electron chi connectivity index (χ2n) is 20.5. The van der Waals surface area contributed by atoms with Crippen LogP contribution in [0.15, 0.2) is 0 Å². The Hall–Kier alpha value is -1.59. The van der Waals surface area contributed by atoms with Gasteiger partial charge in [0.15, 0.2) is 6.10 Å². The van der Waals surface area contributed by atoms with E-state index < -0.39 is 6.10 Å². The van der Waals surface area contributed by atoms with Crippen molar-refractivity contribution in [3.05, 3.63) is 0 Å². The van der Waals surface area contributed by atoms with E-state index in [1.54, 1.807) is 0 Å². The van der Waals surface area contributed by atoms with Gasteiger partial charge in [-0.1, -0.05) is 279 Å². The molecular formula is C57H110O6. The van der Waals surface area contributed by atoms with Crippen LogP contribution in [0.5, 0.6) is 0 Å². The highest BCUT2D eigenvalue weighted by Crippen LogP contribution is 2.18. The Morgan fingerprint density at radius 3 is 0.778 bits per heavy atom. The Labute approximate surface area is 393 Å². The molecule has 374 valence electrons. The van der Waals surface area contributed by atoms with Crippen molar-refractivity contribution in [2.45, 2.75) is 323 Å². The smallest absolute Gasteiger partial charge is 0.306 e. The first-order valence-corrected chi connectivity index (χ1v) is 28.2. The van der Waals surface area contributed by atoms with Crippen molar-refractivity contribution in [3.63, 3.8) is 0 Å². The van der Waals surface area contributed by atoms with Crippen molar-refractivity contribution in [1.29, 1.82) is 0 Å². The lowest BCUT2D eigenvalue weighted by atomic mass is 10.0. The molecule has 0 unspecified atom stereocenters. The number of rotatable bonds is 51. The van der Waals surface area contributed by atoms with Crippen LogP contribution in [-0.4, -0.2) is 37.2 Å². The molecule has 6 heteroatoms. The van der Waals surface area contributed by atoms with Gasteiger partial charge in [0.25, 0.3) is 0 Å². The molecule has 63 heavy (non-hydrogen) atoms. The summed E-state index contributed by atoms with van der Waals surface area (Å²) in [5.41, 5.74) is 0. The van der Waals surface area contributed by atoms with Gasteiger partial charge in [-0.05, 0) is 31.1 Å². The lowest BCUT2D eigenvalue weighted by Crippen LogP contribution is -2.30. The quantitative estimate of drug-likeness (QED) is 0.0344. The van der Waals surface area contributed by atoms with E-state index in [2.05, 4.69) is 34.6 Å². The summed E-state index contributed by atoms with van der Waals surface area (Å²) in [5.74, 6) is 0.836. The van der Waals surface area contributed by atoms with E-state index in [0.717, 1.165) is 69.6 Å². The van der Waals surface area contributed by atoms with Gasteiger partial charge in [0.05, 0.1) is 0 Å². The van der Waals surface area contributed by atoms with Gasteiger partial charge < -0.3 is 14.2 Å². The minimum atomic E-state index is -0.762. The van der Waals surface area contributed by atoms with Crippen LogP contribution in [0, 0.1) is 11.8 Å². The molecule has 0 aliphatic heterocycles. The van der Waals surface area contributed by atoms with Crippen LogP contribution in [0.3, 0.4) is 0 Å². The molecule has 0 radical (unpaired) electrons. The van der Waals surface area contributed by atoms with Crippen LogP contribution in [0.2, 0.25) is 0 Å². The monoisotopic (exact) mass is 891 g/mol. The van der Waals surface area contributed by atoms with Crippen LogP contribution in [0.25, 0.3) is 0 Å². The zero-order chi connectivity index (χ0) is 46.1. The Morgan fingerprint density at radius 1 is 0.302 bits per heavy atom. The first-order chi connectivity index (χ1) is 30.7. The Bertz CT molecular complexity index is 962. The third-order valence-electron chi connectivity index (χ3n) is 13.0. The molecule has 0 aromatic heterocycles. The van der Waals surface area contributed by atoms with Crippen molar-refractivity contribution in [2.75, 3.05) is 13.2 Å². The van der Waals surface area contributed by atoms with Gasteiger partial charge in [0.2, 0.25) is 0 Å². The van der Waals surface area contributed by atoms with E-state index >= 15 is 0 Å². The molecule has 0 aliphatic carbocycles. The molecule has 0 heterocycles. The molecule has 0 saturated heterocycles. The summed E-state index contributed by atoms with van der Waals surface area (Å²) in [6.07, 6.45) is 52.3. The lowest BCUT2D eigenvalue weighted by molar-refractivity contribution is -0.167. The van der Waals surface area contributed by atoms with Crippen LogP contribution in [-0.2, 0) is 28.6 Å². The number of hydrogen-bond donors (Lipinski definition) is 0. The lowest BCUT2D eigenvalue weighted by Gasteiger charge is -2.18. The van der Waals surface area contributed by atoms with Gasteiger partial charge >= 0.3 is 17.9 Å². The fourth-order valence-corrected chi connectivity index (χ4v) is 8.70. The summed E-state index contributed by atoms with van der Waals surface area (Å²) in [5, 5.41) is 0. The van der Waals surface area contributed by atoms with E-state index in [0.29, 0.717) is 19.3 Å². The molecule has 0 aromatic rings. The van der Waals surface area contributed by atoms with Crippen molar-refractivity contribution >= 4 is 17.9 Å². The molecule has 0 fully saturated rings. The van der Waals surface area contributed by atoms with Gasteiger partial charge in [0, 0.05) is 19.3 Å². The summed E-state index contributed by atoms with van der Waals surface area (Å²) < 4.78 is 16.9. The summed E-state index contributed by atoms with van der Waals surface area (Å²) in [4.78, 5) is 38.1. The highest BCUT2D eigenvalue weighted by atomic mass is 16.6. The largest absolute Gasteiger partial charge is 0.462 e. The van der Waals surface area contributed by atoms with E-state index in [-0.39, 0.29) is 31.1 Å². The number of hydrogen-bond acceptors (Lipinski definition) is 6. The molecule has 0 spiro atoms. The molecule has 0 N–H and O–H groups in total. The van der Waals surface area contributed by atoms with E-state index in [9.17, 15) is 14.4 Å². The SMILES string of the molecule is CCCCCCCCCCCCCCC(=O)OC[C@@H](COC(=O)CCCCCCCCCCCCCCCCCCC(C)C)OC(=O)CCCCCCCCCCCCCC(C)C. The van der Waals surface area contributed by atoms with Crippen LogP contribution >= 0.6 is 0 Å². The van der Waals surface area contributed by atoms with E-state index in [1.807, 2.05) is 0 Å². The Balaban J connectivity index is 4.26. The standard InChI is InChI=1S/C57H110O6/c1-6-7-8-9-10-11-12-22-27-32-37-42-47-55(58)61-50-54(63-57(60)49-44-39-34-29-24-19-21-26-31-36-41-46-53(4)5)51-62-56(59)48-43-38-33-28-23-18-16-14-13-15-17-20-25-30-35-40-45-52(2)3/h52-54H,6-51H2,1-5H3/t54-/m0/s1. The van der Waals surface area contributed by atoms with E-state index in [1.165, 1.54) is 205 Å². The fraction of sp³-hybridized carbons (Fsp3) is 0.947. The predicted molar refractivity (Wildman–Crippen MR) is 270 cm³/mol. The molecule has 6 nitrogen and oxygen atoms in total. The number of ether oxygens (including phenoxy) is 3. The number of carbonyl (C=O) groups excluding carboxylic acids is 3. The average Bonchev–Trinajstić information content (AvgIpc) is 3.25. The molecule has 0 bridgehead atoms. The minimum Gasteiger partial charge on any atom is -0.462 e. The number of carbonyl (C=O) groups is 3. The predicted octanol–water partition coefficient (Wildman–Crippen LogP) is 18.5. The van der Waals surface area contributed by atoms with Gasteiger partial charge in [-0.25, -0.2) is 0 Å². The maximum absolute atomic E-state index is 12.8. The van der Waals surface area contributed by atoms with Crippen LogP contribution < -0.4 is 0 Å². The maximum Gasteiger partial charge on any atom is 0.306 e. The highest BCUT2D eigenvalue weighted by Gasteiger charge is 2.19. The Morgan fingerprint density at radius 2 is 0.524 bits per heavy atom. The maximum atomic E-state index is 12.8. The summed E-state index contributed by atoms with van der Waals surface area (Å²) in [6, 6.07) is 0. The normalized spacial score (nSPS) is 12.0. The highest BCUT2D eigenvalue weighted by molar-refractivity contribution is 5.71. The first-order valence-electron chi connectivity index (χ1n) is 28.2.